The molecule has 2 heterocycles. The van der Waals surface area contributed by atoms with Crippen LogP contribution in [0.25, 0.3) is 11.1 Å². The maximum Gasteiger partial charge on any atom is 0.181 e. The number of hydrogen-bond donors (Lipinski definition) is 0. The Bertz CT molecular complexity index is 976. The SMILES string of the molecule is O=C(Cc1ccc(C2=C(c3cnco3)CCCC2)cc1)c1ccncc1F. The Balaban J connectivity index is 1.57. The van der Waals surface area contributed by atoms with E-state index in [2.05, 4.69) is 9.97 Å². The molecule has 0 atom stereocenters. The van der Waals surface area contributed by atoms with Gasteiger partial charge in [0.2, 0.25) is 0 Å². The summed E-state index contributed by atoms with van der Waals surface area (Å²) in [7, 11) is 0. The van der Waals surface area contributed by atoms with E-state index < -0.39 is 5.82 Å². The first-order chi connectivity index (χ1) is 13.2. The Labute approximate surface area is 156 Å². The van der Waals surface area contributed by atoms with E-state index in [0.717, 1.165) is 48.8 Å². The van der Waals surface area contributed by atoms with Crippen LogP contribution in [-0.2, 0) is 6.42 Å². The molecule has 4 rings (SSSR count). The minimum atomic E-state index is -0.580. The predicted octanol–water partition coefficient (Wildman–Crippen LogP) is 5.12. The molecule has 5 heteroatoms. The number of oxazole rings is 1. The molecule has 0 unspecified atom stereocenters. The number of carbonyl (C=O) groups is 1. The van der Waals surface area contributed by atoms with Gasteiger partial charge in [0.05, 0.1) is 18.0 Å². The van der Waals surface area contributed by atoms with Crippen LogP contribution in [0.1, 0.15) is 52.9 Å². The highest BCUT2D eigenvalue weighted by atomic mass is 19.1. The van der Waals surface area contributed by atoms with E-state index in [0.29, 0.717) is 0 Å². The summed E-state index contributed by atoms with van der Waals surface area (Å²) in [5, 5.41) is 0. The number of pyridine rings is 1. The van der Waals surface area contributed by atoms with Crippen LogP contribution in [0.2, 0.25) is 0 Å². The third-order valence-electron chi connectivity index (χ3n) is 4.94. The van der Waals surface area contributed by atoms with E-state index in [1.165, 1.54) is 29.8 Å². The van der Waals surface area contributed by atoms with Gasteiger partial charge in [-0.15, -0.1) is 0 Å². The molecule has 0 spiro atoms. The maximum absolute atomic E-state index is 13.7. The lowest BCUT2D eigenvalue weighted by Gasteiger charge is -2.19. The van der Waals surface area contributed by atoms with Crippen molar-refractivity contribution in [3.05, 3.63) is 83.6 Å². The minimum absolute atomic E-state index is 0.0803. The van der Waals surface area contributed by atoms with E-state index in [1.54, 1.807) is 6.20 Å². The van der Waals surface area contributed by atoms with Crippen LogP contribution < -0.4 is 0 Å². The van der Waals surface area contributed by atoms with Crippen molar-refractivity contribution in [3.8, 4) is 0 Å². The minimum Gasteiger partial charge on any atom is -0.444 e. The van der Waals surface area contributed by atoms with Gasteiger partial charge in [-0.05, 0) is 48.4 Å². The predicted molar refractivity (Wildman–Crippen MR) is 100 cm³/mol. The quantitative estimate of drug-likeness (QED) is 0.591. The third kappa shape index (κ3) is 3.72. The number of benzene rings is 1. The van der Waals surface area contributed by atoms with Crippen molar-refractivity contribution < 1.29 is 13.6 Å². The Morgan fingerprint density at radius 2 is 1.78 bits per heavy atom. The highest BCUT2D eigenvalue weighted by Crippen LogP contribution is 2.37. The Morgan fingerprint density at radius 1 is 1.00 bits per heavy atom. The van der Waals surface area contributed by atoms with E-state index in [9.17, 15) is 9.18 Å². The summed E-state index contributed by atoms with van der Waals surface area (Å²) in [6, 6.07) is 9.35. The molecule has 0 radical (unpaired) electrons. The summed E-state index contributed by atoms with van der Waals surface area (Å²) < 4.78 is 19.2. The zero-order chi connectivity index (χ0) is 18.6. The van der Waals surface area contributed by atoms with Crippen molar-refractivity contribution in [2.75, 3.05) is 0 Å². The average Bonchev–Trinajstić information content (AvgIpc) is 3.24. The molecule has 136 valence electrons. The molecule has 2 aromatic heterocycles. The Morgan fingerprint density at radius 3 is 2.48 bits per heavy atom. The summed E-state index contributed by atoms with van der Waals surface area (Å²) in [5.41, 5.74) is 4.55. The molecule has 0 N–H and O–H groups in total. The molecule has 4 nitrogen and oxygen atoms in total. The van der Waals surface area contributed by atoms with E-state index in [-0.39, 0.29) is 17.8 Å². The number of nitrogens with zero attached hydrogens (tertiary/aromatic N) is 2. The van der Waals surface area contributed by atoms with Gasteiger partial charge in [0.25, 0.3) is 0 Å². The largest absolute Gasteiger partial charge is 0.444 e. The van der Waals surface area contributed by atoms with Crippen molar-refractivity contribution in [1.82, 2.24) is 9.97 Å². The van der Waals surface area contributed by atoms with Gasteiger partial charge in [-0.3, -0.25) is 9.78 Å². The van der Waals surface area contributed by atoms with E-state index >= 15 is 0 Å². The van der Waals surface area contributed by atoms with Gasteiger partial charge in [-0.25, -0.2) is 9.37 Å². The van der Waals surface area contributed by atoms with Crippen LogP contribution >= 0.6 is 0 Å². The second-order valence-corrected chi connectivity index (χ2v) is 6.68. The van der Waals surface area contributed by atoms with Gasteiger partial charge >= 0.3 is 0 Å². The first-order valence-electron chi connectivity index (χ1n) is 9.05. The fraction of sp³-hybridized carbons (Fsp3) is 0.227. The van der Waals surface area contributed by atoms with Crippen molar-refractivity contribution in [2.45, 2.75) is 32.1 Å². The number of carbonyl (C=O) groups excluding carboxylic acids is 1. The van der Waals surface area contributed by atoms with Gasteiger partial charge in [0.15, 0.2) is 23.8 Å². The normalized spacial score (nSPS) is 14.4. The first-order valence-corrected chi connectivity index (χ1v) is 9.05. The first kappa shape index (κ1) is 17.3. The Hall–Kier alpha value is -3.08. The van der Waals surface area contributed by atoms with Gasteiger partial charge in [-0.2, -0.15) is 0 Å². The summed E-state index contributed by atoms with van der Waals surface area (Å²) in [5.74, 6) is 0.00202. The number of ketones is 1. The standard InChI is InChI=1S/C22H19FN2O2/c23-20-12-24-10-9-19(20)21(26)11-15-5-7-16(8-6-15)17-3-1-2-4-18(17)22-13-25-14-27-22/h5-10,12-14H,1-4,11H2. The lowest BCUT2D eigenvalue weighted by atomic mass is 9.86. The second-order valence-electron chi connectivity index (χ2n) is 6.68. The summed E-state index contributed by atoms with van der Waals surface area (Å²) in [4.78, 5) is 20.0. The van der Waals surface area contributed by atoms with Crippen LogP contribution in [0.3, 0.4) is 0 Å². The zero-order valence-electron chi connectivity index (χ0n) is 14.8. The van der Waals surface area contributed by atoms with Crippen molar-refractivity contribution >= 4 is 16.9 Å². The maximum atomic E-state index is 13.7. The number of aromatic nitrogens is 2. The molecular weight excluding hydrogens is 343 g/mol. The van der Waals surface area contributed by atoms with E-state index in [1.807, 2.05) is 24.3 Å². The number of Topliss-reactive ketones (excluding diaryl/α,β-unsaturated/α-hetero) is 1. The van der Waals surface area contributed by atoms with Crippen LogP contribution in [0.4, 0.5) is 4.39 Å². The molecule has 1 aliphatic rings. The van der Waals surface area contributed by atoms with Gasteiger partial charge in [0.1, 0.15) is 0 Å². The van der Waals surface area contributed by atoms with Crippen molar-refractivity contribution in [3.63, 3.8) is 0 Å². The fourth-order valence-corrected chi connectivity index (χ4v) is 3.57. The number of rotatable bonds is 5. The zero-order valence-corrected chi connectivity index (χ0v) is 14.8. The molecule has 0 saturated heterocycles. The molecule has 0 saturated carbocycles. The van der Waals surface area contributed by atoms with Crippen molar-refractivity contribution in [1.29, 1.82) is 0 Å². The van der Waals surface area contributed by atoms with Crippen LogP contribution in [0.5, 0.6) is 0 Å². The van der Waals surface area contributed by atoms with Crippen molar-refractivity contribution in [2.24, 2.45) is 0 Å². The summed E-state index contributed by atoms with van der Waals surface area (Å²) in [6.07, 6.45) is 10.1. The molecule has 0 aliphatic heterocycles. The van der Waals surface area contributed by atoms with Gasteiger partial charge < -0.3 is 4.42 Å². The molecule has 0 amide bonds. The van der Waals surface area contributed by atoms with Gasteiger partial charge in [-0.1, -0.05) is 24.3 Å². The lowest BCUT2D eigenvalue weighted by Crippen LogP contribution is -2.06. The molecule has 3 aromatic rings. The number of halogens is 1. The highest BCUT2D eigenvalue weighted by molar-refractivity contribution is 5.97. The van der Waals surface area contributed by atoms with Crippen LogP contribution in [0, 0.1) is 5.82 Å². The highest BCUT2D eigenvalue weighted by Gasteiger charge is 2.18. The molecular formula is C22H19FN2O2. The topological polar surface area (TPSA) is 56.0 Å². The van der Waals surface area contributed by atoms with Gasteiger partial charge in [0, 0.05) is 18.2 Å². The fourth-order valence-electron chi connectivity index (χ4n) is 3.57. The summed E-state index contributed by atoms with van der Waals surface area (Å²) >= 11 is 0. The van der Waals surface area contributed by atoms with Crippen LogP contribution in [0.15, 0.2) is 59.7 Å². The average molecular weight is 362 g/mol. The Kier molecular flexibility index (Phi) is 4.92. The molecule has 1 aromatic carbocycles. The number of hydrogen-bond acceptors (Lipinski definition) is 4. The summed E-state index contributed by atoms with van der Waals surface area (Å²) in [6.45, 7) is 0. The molecule has 0 fully saturated rings. The molecule has 27 heavy (non-hydrogen) atoms. The monoisotopic (exact) mass is 362 g/mol. The third-order valence-corrected chi connectivity index (χ3v) is 4.94. The number of allylic oxidation sites excluding steroid dienone is 2. The smallest absolute Gasteiger partial charge is 0.181 e. The molecule has 0 bridgehead atoms. The lowest BCUT2D eigenvalue weighted by molar-refractivity contribution is 0.0989. The second kappa shape index (κ2) is 7.66. The van der Waals surface area contributed by atoms with Crippen LogP contribution in [-0.4, -0.2) is 15.8 Å². The van der Waals surface area contributed by atoms with E-state index in [4.69, 9.17) is 4.42 Å². The molecule has 1 aliphatic carbocycles.